The molecular formula is C44H84N. The van der Waals surface area contributed by atoms with Gasteiger partial charge in [0.05, 0.1) is 0 Å². The van der Waals surface area contributed by atoms with Crippen molar-refractivity contribution >= 4 is 0 Å². The van der Waals surface area contributed by atoms with Crippen LogP contribution >= 0.6 is 0 Å². The molecule has 0 atom stereocenters. The Morgan fingerprint density at radius 1 is 0.244 bits per heavy atom. The van der Waals surface area contributed by atoms with Crippen LogP contribution in [-0.2, 0) is 0 Å². The minimum Gasteiger partial charge on any atom is -0.257 e. The number of hydrogen-bond acceptors (Lipinski definition) is 0. The van der Waals surface area contributed by atoms with E-state index in [0.29, 0.717) is 0 Å². The van der Waals surface area contributed by atoms with E-state index in [2.05, 4.69) is 27.7 Å². The fourth-order valence-electron chi connectivity index (χ4n) is 7.37. The second kappa shape index (κ2) is 33.2. The minimum atomic E-state index is 1.24. The van der Waals surface area contributed by atoms with Crippen LogP contribution in [0.15, 0.2) is 22.5 Å². The molecular weight excluding hydrogens is 542 g/mol. The van der Waals surface area contributed by atoms with Gasteiger partial charge in [0.15, 0.2) is 0 Å². The molecule has 1 heterocycles. The van der Waals surface area contributed by atoms with Gasteiger partial charge < -0.3 is 0 Å². The molecule has 0 fully saturated rings. The second-order valence-corrected chi connectivity index (χ2v) is 14.9. The zero-order valence-electron chi connectivity index (χ0n) is 31.9. The van der Waals surface area contributed by atoms with Crippen molar-refractivity contribution in [3.05, 3.63) is 22.5 Å². The van der Waals surface area contributed by atoms with Crippen molar-refractivity contribution in [1.82, 2.24) is 5.32 Å². The topological polar surface area (TPSA) is 14.1 Å². The van der Waals surface area contributed by atoms with Crippen molar-refractivity contribution < 1.29 is 0 Å². The summed E-state index contributed by atoms with van der Waals surface area (Å²) in [6.07, 6.45) is 50.3. The van der Waals surface area contributed by atoms with Crippen LogP contribution < -0.4 is 5.32 Å². The number of allylic oxidation sites excluding steroid dienone is 4. The van der Waals surface area contributed by atoms with E-state index >= 15 is 0 Å². The standard InChI is InChI=1S/C44H84N/c1-5-9-13-17-21-25-29-33-37-41-42(38-34-30-26-22-18-14-10-6-2)44(40-36-32-28-24-20-16-12-8-4)45-43(41)39-35-31-27-23-19-15-11-7-3/h5-40H2,1-4H3. The number of hydrogen-bond donors (Lipinski definition) is 0. The van der Waals surface area contributed by atoms with Gasteiger partial charge in [-0.2, -0.15) is 0 Å². The van der Waals surface area contributed by atoms with Crippen LogP contribution in [0.5, 0.6) is 0 Å². The van der Waals surface area contributed by atoms with Gasteiger partial charge in [-0.1, -0.05) is 207 Å². The van der Waals surface area contributed by atoms with Crippen molar-refractivity contribution in [2.45, 2.75) is 259 Å². The fourth-order valence-corrected chi connectivity index (χ4v) is 7.37. The Bertz CT molecular complexity index is 627. The van der Waals surface area contributed by atoms with Gasteiger partial charge in [-0.15, -0.1) is 0 Å². The van der Waals surface area contributed by atoms with Crippen LogP contribution in [0.2, 0.25) is 0 Å². The Kier molecular flexibility index (Phi) is 31.2. The van der Waals surface area contributed by atoms with Crippen molar-refractivity contribution in [2.24, 2.45) is 0 Å². The second-order valence-electron chi connectivity index (χ2n) is 14.9. The third-order valence-corrected chi connectivity index (χ3v) is 10.4. The Hall–Kier alpha value is -0.720. The van der Waals surface area contributed by atoms with Crippen molar-refractivity contribution in [3.63, 3.8) is 0 Å². The summed E-state index contributed by atoms with van der Waals surface area (Å²) < 4.78 is 0. The molecule has 0 aromatic rings. The lowest BCUT2D eigenvalue weighted by Crippen LogP contribution is -2.02. The normalized spacial score (nSPS) is 13.4. The maximum absolute atomic E-state index is 5.52. The Labute approximate surface area is 286 Å². The highest BCUT2D eigenvalue weighted by Gasteiger charge is 2.24. The van der Waals surface area contributed by atoms with E-state index in [-0.39, 0.29) is 0 Å². The summed E-state index contributed by atoms with van der Waals surface area (Å²) in [6.45, 7) is 9.30. The number of nitrogens with zero attached hydrogens (tertiary/aromatic N) is 1. The summed E-state index contributed by atoms with van der Waals surface area (Å²) in [7, 11) is 0. The van der Waals surface area contributed by atoms with E-state index in [4.69, 9.17) is 5.32 Å². The van der Waals surface area contributed by atoms with Crippen LogP contribution in [0.3, 0.4) is 0 Å². The summed E-state index contributed by atoms with van der Waals surface area (Å²) in [4.78, 5) is 0. The molecule has 265 valence electrons. The molecule has 1 radical (unpaired) electrons. The third-order valence-electron chi connectivity index (χ3n) is 10.4. The summed E-state index contributed by atoms with van der Waals surface area (Å²) in [6, 6.07) is 0. The molecule has 1 aliphatic heterocycles. The first-order chi connectivity index (χ1) is 22.3. The van der Waals surface area contributed by atoms with Gasteiger partial charge in [0.25, 0.3) is 0 Å². The molecule has 1 nitrogen and oxygen atoms in total. The van der Waals surface area contributed by atoms with Crippen molar-refractivity contribution in [3.8, 4) is 0 Å². The summed E-state index contributed by atoms with van der Waals surface area (Å²) in [5.41, 5.74) is 6.55. The molecule has 0 saturated carbocycles. The van der Waals surface area contributed by atoms with Crippen molar-refractivity contribution in [2.75, 3.05) is 0 Å². The first-order valence-electron chi connectivity index (χ1n) is 21.4. The smallest absolute Gasteiger partial charge is 0.0442 e. The first-order valence-corrected chi connectivity index (χ1v) is 21.4. The highest BCUT2D eigenvalue weighted by atomic mass is 14.9. The van der Waals surface area contributed by atoms with E-state index in [1.165, 1.54) is 243 Å². The van der Waals surface area contributed by atoms with Crippen LogP contribution in [0.4, 0.5) is 0 Å². The molecule has 1 heteroatoms. The number of unbranched alkanes of at least 4 members (excludes halogenated alkanes) is 28. The quantitative estimate of drug-likeness (QED) is 0.0614. The van der Waals surface area contributed by atoms with Gasteiger partial charge in [0.2, 0.25) is 0 Å². The van der Waals surface area contributed by atoms with Crippen LogP contribution in [0, 0.1) is 0 Å². The molecule has 0 aromatic carbocycles. The summed E-state index contributed by atoms with van der Waals surface area (Å²) in [5, 5.41) is 5.52. The fraction of sp³-hybridized carbons (Fsp3) is 0.909. The Morgan fingerprint density at radius 2 is 0.444 bits per heavy atom. The molecule has 45 heavy (non-hydrogen) atoms. The van der Waals surface area contributed by atoms with Gasteiger partial charge in [-0.3, -0.25) is 5.32 Å². The van der Waals surface area contributed by atoms with E-state index in [1.54, 1.807) is 11.1 Å². The third kappa shape index (κ3) is 24.1. The summed E-state index contributed by atoms with van der Waals surface area (Å²) >= 11 is 0. The highest BCUT2D eigenvalue weighted by Crippen LogP contribution is 2.38. The molecule has 0 unspecified atom stereocenters. The van der Waals surface area contributed by atoms with E-state index < -0.39 is 0 Å². The molecule has 1 rings (SSSR count). The maximum Gasteiger partial charge on any atom is 0.0442 e. The maximum atomic E-state index is 5.52. The van der Waals surface area contributed by atoms with Crippen LogP contribution in [0.25, 0.3) is 0 Å². The average Bonchev–Trinajstić information content (AvgIpc) is 3.37. The minimum absolute atomic E-state index is 1.24. The van der Waals surface area contributed by atoms with Gasteiger partial charge in [0, 0.05) is 11.4 Å². The highest BCUT2D eigenvalue weighted by molar-refractivity contribution is 5.45. The Balaban J connectivity index is 2.74. The van der Waals surface area contributed by atoms with E-state index in [0.717, 1.165) is 0 Å². The average molecular weight is 627 g/mol. The van der Waals surface area contributed by atoms with Gasteiger partial charge >= 0.3 is 0 Å². The predicted molar refractivity (Wildman–Crippen MR) is 205 cm³/mol. The molecule has 0 amide bonds. The Morgan fingerprint density at radius 3 is 0.689 bits per heavy atom. The SMILES string of the molecule is CCCCCCCCCCC1=C(CCCCCCCCCC)C(CCCCCCCCCC)=C(CCCCCCCCCC)[N]1. The lowest BCUT2D eigenvalue weighted by Gasteiger charge is -2.12. The van der Waals surface area contributed by atoms with Crippen LogP contribution in [0.1, 0.15) is 259 Å². The molecule has 1 aliphatic rings. The largest absolute Gasteiger partial charge is 0.257 e. The van der Waals surface area contributed by atoms with Gasteiger partial charge in [0.1, 0.15) is 0 Å². The van der Waals surface area contributed by atoms with Gasteiger partial charge in [-0.05, 0) is 62.5 Å². The molecule has 0 aliphatic carbocycles. The zero-order chi connectivity index (χ0) is 32.5. The monoisotopic (exact) mass is 627 g/mol. The molecule has 0 saturated heterocycles. The summed E-state index contributed by atoms with van der Waals surface area (Å²) in [5.74, 6) is 0. The zero-order valence-corrected chi connectivity index (χ0v) is 31.9. The van der Waals surface area contributed by atoms with Crippen molar-refractivity contribution in [1.29, 1.82) is 0 Å². The van der Waals surface area contributed by atoms with E-state index in [9.17, 15) is 0 Å². The molecule has 0 aromatic heterocycles. The lowest BCUT2D eigenvalue weighted by molar-refractivity contribution is 0.564. The van der Waals surface area contributed by atoms with Gasteiger partial charge in [-0.25, -0.2) is 0 Å². The first kappa shape index (κ1) is 42.3. The molecule has 0 bridgehead atoms. The van der Waals surface area contributed by atoms with E-state index in [1.807, 2.05) is 0 Å². The molecule has 0 spiro atoms. The lowest BCUT2D eigenvalue weighted by atomic mass is 9.91. The predicted octanol–water partition coefficient (Wildman–Crippen LogP) is 16.2. The number of rotatable bonds is 36. The van der Waals surface area contributed by atoms with Crippen LogP contribution in [-0.4, -0.2) is 0 Å². The molecule has 0 N–H and O–H groups in total.